The van der Waals surface area contributed by atoms with Gasteiger partial charge in [-0.1, -0.05) is 109 Å². The molecule has 0 aliphatic rings. The molecule has 0 bridgehead atoms. The number of benzene rings is 8. The van der Waals surface area contributed by atoms with Gasteiger partial charge in [-0.25, -0.2) is 0 Å². The third-order valence-electron chi connectivity index (χ3n) is 9.79. The number of fused-ring (bicyclic) bond motifs is 7. The molecule has 0 aliphatic heterocycles. The van der Waals surface area contributed by atoms with E-state index in [2.05, 4.69) is 179 Å². The monoisotopic (exact) mass is 626 g/mol. The Kier molecular flexibility index (Phi) is 6.18. The van der Waals surface area contributed by atoms with Crippen LogP contribution in [0.3, 0.4) is 0 Å². The molecule has 0 atom stereocenters. The largest absolute Gasteiger partial charge is 0.456 e. The van der Waals surface area contributed by atoms with Gasteiger partial charge in [0, 0.05) is 44.3 Å². The second kappa shape index (κ2) is 11.0. The minimum absolute atomic E-state index is 0.887. The van der Waals surface area contributed by atoms with Crippen LogP contribution in [0.2, 0.25) is 0 Å². The van der Waals surface area contributed by atoms with Crippen LogP contribution >= 0.6 is 0 Å². The van der Waals surface area contributed by atoms with Gasteiger partial charge in [-0.2, -0.15) is 0 Å². The number of rotatable bonds is 5. The fourth-order valence-corrected chi connectivity index (χ4v) is 7.52. The molecule has 3 nitrogen and oxygen atoms in total. The van der Waals surface area contributed by atoms with Gasteiger partial charge in [0.25, 0.3) is 0 Å². The zero-order valence-corrected chi connectivity index (χ0v) is 26.6. The first kappa shape index (κ1) is 27.5. The van der Waals surface area contributed by atoms with E-state index in [0.29, 0.717) is 0 Å². The second-order valence-corrected chi connectivity index (χ2v) is 12.6. The number of anilines is 3. The molecule has 10 aromatic rings. The van der Waals surface area contributed by atoms with E-state index in [1.165, 1.54) is 43.7 Å². The van der Waals surface area contributed by atoms with Crippen molar-refractivity contribution in [3.8, 4) is 16.8 Å². The summed E-state index contributed by atoms with van der Waals surface area (Å²) >= 11 is 0. The van der Waals surface area contributed by atoms with Crippen molar-refractivity contribution < 1.29 is 4.42 Å². The molecular weight excluding hydrogens is 597 g/mol. The van der Waals surface area contributed by atoms with Crippen LogP contribution in [-0.2, 0) is 0 Å². The summed E-state index contributed by atoms with van der Waals surface area (Å²) in [6.07, 6.45) is 0. The molecule has 0 radical (unpaired) electrons. The average molecular weight is 627 g/mol. The van der Waals surface area contributed by atoms with Crippen LogP contribution in [0.25, 0.3) is 71.3 Å². The highest BCUT2D eigenvalue weighted by Gasteiger charge is 2.17. The Morgan fingerprint density at radius 2 is 0.939 bits per heavy atom. The SMILES string of the molecule is c1ccc2c(-c3ccc(N(c4ccc(-n5c6ccccc6c6ccccc65)cc4)c4ccc5oc6ccccc6c5c4)cc3)cccc2c1. The van der Waals surface area contributed by atoms with Crippen molar-refractivity contribution in [1.29, 1.82) is 0 Å². The number of nitrogens with zero attached hydrogens (tertiary/aromatic N) is 2. The fourth-order valence-electron chi connectivity index (χ4n) is 7.52. The molecule has 0 unspecified atom stereocenters. The summed E-state index contributed by atoms with van der Waals surface area (Å²) in [6.45, 7) is 0. The van der Waals surface area contributed by atoms with E-state index in [0.717, 1.165) is 44.7 Å². The lowest BCUT2D eigenvalue weighted by Gasteiger charge is -2.26. The van der Waals surface area contributed by atoms with Crippen molar-refractivity contribution >= 4 is 71.6 Å². The van der Waals surface area contributed by atoms with Crippen LogP contribution in [-0.4, -0.2) is 4.57 Å². The zero-order valence-electron chi connectivity index (χ0n) is 26.6. The van der Waals surface area contributed by atoms with Crippen molar-refractivity contribution in [2.45, 2.75) is 0 Å². The molecule has 0 aliphatic carbocycles. The highest BCUT2D eigenvalue weighted by Crippen LogP contribution is 2.41. The molecule has 0 spiro atoms. The van der Waals surface area contributed by atoms with Gasteiger partial charge in [-0.05, 0) is 94.7 Å². The maximum atomic E-state index is 6.20. The average Bonchev–Trinajstić information content (AvgIpc) is 3.71. The molecular formula is C46H30N2O. The van der Waals surface area contributed by atoms with Crippen molar-refractivity contribution in [1.82, 2.24) is 4.57 Å². The van der Waals surface area contributed by atoms with Crippen molar-refractivity contribution in [2.24, 2.45) is 0 Å². The lowest BCUT2D eigenvalue weighted by Crippen LogP contribution is -2.10. The number of furan rings is 1. The molecule has 0 amide bonds. The molecule has 0 N–H and O–H groups in total. The molecule has 49 heavy (non-hydrogen) atoms. The standard InChI is InChI=1S/C46H30N2O/c1-2-12-37-31(10-1)11-9-16-38(37)32-20-22-33(23-21-32)47(36-28-29-46-42(30-36)41-15-5-8-19-45(41)49-46)34-24-26-35(27-25-34)48-43-17-6-3-13-39(43)40-14-4-7-18-44(40)48/h1-30H. The first-order valence-corrected chi connectivity index (χ1v) is 16.7. The highest BCUT2D eigenvalue weighted by atomic mass is 16.3. The van der Waals surface area contributed by atoms with E-state index in [-0.39, 0.29) is 0 Å². The summed E-state index contributed by atoms with van der Waals surface area (Å²) in [4.78, 5) is 2.34. The Morgan fingerprint density at radius 1 is 0.388 bits per heavy atom. The maximum Gasteiger partial charge on any atom is 0.135 e. The van der Waals surface area contributed by atoms with Gasteiger partial charge in [0.2, 0.25) is 0 Å². The first-order chi connectivity index (χ1) is 24.3. The van der Waals surface area contributed by atoms with Crippen LogP contribution in [0.4, 0.5) is 17.1 Å². The highest BCUT2D eigenvalue weighted by molar-refractivity contribution is 6.09. The summed E-state index contributed by atoms with van der Waals surface area (Å²) < 4.78 is 8.57. The van der Waals surface area contributed by atoms with Crippen molar-refractivity contribution in [3.63, 3.8) is 0 Å². The van der Waals surface area contributed by atoms with Crippen LogP contribution in [0.15, 0.2) is 186 Å². The quantitative estimate of drug-likeness (QED) is 0.190. The fraction of sp³-hybridized carbons (Fsp3) is 0. The van der Waals surface area contributed by atoms with Gasteiger partial charge in [-0.15, -0.1) is 0 Å². The number of hydrogen-bond acceptors (Lipinski definition) is 2. The summed E-state index contributed by atoms with van der Waals surface area (Å²) in [5.74, 6) is 0. The Labute approximate surface area is 283 Å². The van der Waals surface area contributed by atoms with Gasteiger partial charge in [0.15, 0.2) is 0 Å². The molecule has 0 saturated carbocycles. The van der Waals surface area contributed by atoms with Crippen molar-refractivity contribution in [2.75, 3.05) is 4.90 Å². The first-order valence-electron chi connectivity index (χ1n) is 16.7. The molecule has 0 saturated heterocycles. The third-order valence-corrected chi connectivity index (χ3v) is 9.79. The maximum absolute atomic E-state index is 6.20. The minimum atomic E-state index is 0.887. The molecule has 2 heterocycles. The molecule has 230 valence electrons. The van der Waals surface area contributed by atoms with E-state index < -0.39 is 0 Å². The summed E-state index contributed by atoms with van der Waals surface area (Å²) in [5.41, 5.74) is 11.0. The van der Waals surface area contributed by atoms with Crippen LogP contribution in [0.5, 0.6) is 0 Å². The van der Waals surface area contributed by atoms with Gasteiger partial charge in [0.1, 0.15) is 11.2 Å². The van der Waals surface area contributed by atoms with Gasteiger partial charge < -0.3 is 13.9 Å². The zero-order chi connectivity index (χ0) is 32.3. The summed E-state index contributed by atoms with van der Waals surface area (Å²) in [5, 5.41) is 7.24. The molecule has 0 fully saturated rings. The van der Waals surface area contributed by atoms with E-state index in [1.54, 1.807) is 0 Å². The lowest BCUT2D eigenvalue weighted by molar-refractivity contribution is 0.669. The van der Waals surface area contributed by atoms with Gasteiger partial charge in [-0.3, -0.25) is 0 Å². The summed E-state index contributed by atoms with van der Waals surface area (Å²) in [6, 6.07) is 65.0. The smallest absolute Gasteiger partial charge is 0.135 e. The number of aromatic nitrogens is 1. The number of para-hydroxylation sites is 3. The van der Waals surface area contributed by atoms with E-state index >= 15 is 0 Å². The van der Waals surface area contributed by atoms with Gasteiger partial charge >= 0.3 is 0 Å². The molecule has 10 rings (SSSR count). The van der Waals surface area contributed by atoms with Crippen LogP contribution in [0.1, 0.15) is 0 Å². The number of hydrogen-bond donors (Lipinski definition) is 0. The van der Waals surface area contributed by atoms with Crippen LogP contribution in [0, 0.1) is 0 Å². The van der Waals surface area contributed by atoms with Gasteiger partial charge in [0.05, 0.1) is 11.0 Å². The minimum Gasteiger partial charge on any atom is -0.456 e. The normalized spacial score (nSPS) is 11.7. The predicted molar refractivity (Wildman–Crippen MR) is 206 cm³/mol. The Hall–Kier alpha value is -6.58. The lowest BCUT2D eigenvalue weighted by atomic mass is 9.98. The molecule has 3 heteroatoms. The third kappa shape index (κ3) is 4.44. The summed E-state index contributed by atoms with van der Waals surface area (Å²) in [7, 11) is 0. The second-order valence-electron chi connectivity index (χ2n) is 12.6. The molecule has 2 aromatic heterocycles. The van der Waals surface area contributed by atoms with E-state index in [4.69, 9.17) is 4.42 Å². The topological polar surface area (TPSA) is 21.3 Å². The Balaban J connectivity index is 1.12. The predicted octanol–water partition coefficient (Wildman–Crippen LogP) is 13.0. The van der Waals surface area contributed by atoms with Crippen molar-refractivity contribution in [3.05, 3.63) is 182 Å². The Morgan fingerprint density at radius 3 is 1.67 bits per heavy atom. The Bertz CT molecular complexity index is 2760. The van der Waals surface area contributed by atoms with E-state index in [1.807, 2.05) is 12.1 Å². The van der Waals surface area contributed by atoms with Crippen LogP contribution < -0.4 is 4.90 Å². The molecule has 8 aromatic carbocycles. The van der Waals surface area contributed by atoms with E-state index in [9.17, 15) is 0 Å².